The molecule has 0 bridgehead atoms. The summed E-state index contributed by atoms with van der Waals surface area (Å²) in [5.41, 5.74) is 2.24. The fourth-order valence-corrected chi connectivity index (χ4v) is 4.07. The molecule has 172 valence electrons. The molecule has 0 saturated heterocycles. The van der Waals surface area contributed by atoms with Gasteiger partial charge in [0.05, 0.1) is 25.3 Å². The molecule has 0 aliphatic heterocycles. The number of ether oxygens (including phenoxy) is 3. The average molecular weight is 443 g/mol. The molecule has 0 unspecified atom stereocenters. The first-order valence-corrected chi connectivity index (χ1v) is 11.1. The maximum absolute atomic E-state index is 11.8. The van der Waals surface area contributed by atoms with Crippen LogP contribution in [0.15, 0.2) is 12.1 Å². The summed E-state index contributed by atoms with van der Waals surface area (Å²) < 4.78 is 18.2. The van der Waals surface area contributed by atoms with Crippen LogP contribution in [0.4, 0.5) is 10.6 Å². The molecule has 1 fully saturated rings. The zero-order chi connectivity index (χ0) is 22.5. The number of benzene rings is 1. The van der Waals surface area contributed by atoms with E-state index in [2.05, 4.69) is 20.8 Å². The number of rotatable bonds is 9. The molecule has 10 nitrogen and oxygen atoms in total. The molecule has 1 aliphatic carbocycles. The third kappa shape index (κ3) is 4.63. The van der Waals surface area contributed by atoms with E-state index in [4.69, 9.17) is 19.2 Å². The Hall–Kier alpha value is -3.30. The zero-order valence-corrected chi connectivity index (χ0v) is 18.8. The second-order valence-electron chi connectivity index (χ2n) is 7.93. The number of carbonyl (C=O) groups is 1. The van der Waals surface area contributed by atoms with E-state index in [0.717, 1.165) is 55.4 Å². The first-order valence-electron chi connectivity index (χ1n) is 11.1. The van der Waals surface area contributed by atoms with Crippen LogP contribution < -0.4 is 20.1 Å². The van der Waals surface area contributed by atoms with Crippen LogP contribution in [-0.4, -0.2) is 59.1 Å². The normalized spacial score (nSPS) is 14.1. The molecule has 3 aromatic rings. The van der Waals surface area contributed by atoms with Crippen molar-refractivity contribution in [2.45, 2.75) is 51.6 Å². The minimum absolute atomic E-state index is 0.0863. The summed E-state index contributed by atoms with van der Waals surface area (Å²) in [6, 6.07) is 3.72. The molecule has 2 aromatic heterocycles. The van der Waals surface area contributed by atoms with Crippen LogP contribution in [0.25, 0.3) is 16.7 Å². The number of alkyl carbamates (subject to hydrolysis) is 1. The van der Waals surface area contributed by atoms with E-state index in [1.54, 1.807) is 14.2 Å². The molecule has 32 heavy (non-hydrogen) atoms. The lowest BCUT2D eigenvalue weighted by molar-refractivity contribution is 0.101. The number of hydrogen-bond donors (Lipinski definition) is 2. The molecule has 0 radical (unpaired) electrons. The summed E-state index contributed by atoms with van der Waals surface area (Å²) in [6.45, 7) is 3.16. The lowest BCUT2D eigenvalue weighted by Gasteiger charge is -2.13. The molecule has 1 amide bonds. The van der Waals surface area contributed by atoms with Crippen molar-refractivity contribution in [2.75, 3.05) is 32.6 Å². The molecular weight excluding hydrogens is 412 g/mol. The average Bonchev–Trinajstić information content (AvgIpc) is 3.45. The highest BCUT2D eigenvalue weighted by Crippen LogP contribution is 2.33. The second-order valence-corrected chi connectivity index (χ2v) is 7.93. The molecule has 10 heteroatoms. The minimum atomic E-state index is -0.314. The lowest BCUT2D eigenvalue weighted by Crippen LogP contribution is -2.28. The second kappa shape index (κ2) is 9.88. The van der Waals surface area contributed by atoms with Gasteiger partial charge in [0.15, 0.2) is 17.3 Å². The number of anilines is 1. The number of aromatic nitrogens is 4. The lowest BCUT2D eigenvalue weighted by atomic mass is 10.2. The largest absolute Gasteiger partial charge is 0.493 e. The van der Waals surface area contributed by atoms with Gasteiger partial charge in [-0.3, -0.25) is 4.40 Å². The Labute approximate surface area is 186 Å². The molecule has 2 heterocycles. The molecule has 1 aliphatic rings. The molecule has 1 aromatic carbocycles. The number of fused-ring (bicyclic) bond motifs is 3. The van der Waals surface area contributed by atoms with Crippen LogP contribution >= 0.6 is 0 Å². The van der Waals surface area contributed by atoms with Gasteiger partial charge in [-0.25, -0.2) is 9.78 Å². The minimum Gasteiger partial charge on any atom is -0.493 e. The van der Waals surface area contributed by atoms with Crippen molar-refractivity contribution < 1.29 is 19.0 Å². The Morgan fingerprint density at radius 1 is 1.09 bits per heavy atom. The van der Waals surface area contributed by atoms with Crippen LogP contribution in [0.5, 0.6) is 11.5 Å². The van der Waals surface area contributed by atoms with E-state index >= 15 is 0 Å². The SMILES string of the molecule is COc1cc2nc(NCCCCNC(=O)OC3CCCC3)c3nnc(C)n3c2cc1OC. The number of nitrogens with one attached hydrogen (secondary N) is 2. The van der Waals surface area contributed by atoms with Gasteiger partial charge in [0.25, 0.3) is 0 Å². The predicted molar refractivity (Wildman–Crippen MR) is 121 cm³/mol. The number of carbonyl (C=O) groups excluding carboxylic acids is 1. The van der Waals surface area contributed by atoms with Gasteiger partial charge in [0.2, 0.25) is 5.65 Å². The monoisotopic (exact) mass is 442 g/mol. The Morgan fingerprint density at radius 2 is 1.81 bits per heavy atom. The van der Waals surface area contributed by atoms with Gasteiger partial charge in [-0.05, 0) is 45.4 Å². The van der Waals surface area contributed by atoms with E-state index < -0.39 is 0 Å². The van der Waals surface area contributed by atoms with E-state index in [9.17, 15) is 4.79 Å². The van der Waals surface area contributed by atoms with Crippen molar-refractivity contribution in [1.29, 1.82) is 0 Å². The van der Waals surface area contributed by atoms with Crippen LogP contribution in [0.1, 0.15) is 44.3 Å². The van der Waals surface area contributed by atoms with E-state index in [0.29, 0.717) is 36.1 Å². The standard InChI is InChI=1S/C22H30N6O4/c1-14-26-27-21-20(23-10-6-7-11-24-22(29)32-15-8-4-5-9-15)25-16-12-18(30-2)19(31-3)13-17(16)28(14)21/h12-13,15H,4-11H2,1-3H3,(H,23,25)(H,24,29). The van der Waals surface area contributed by atoms with Crippen LogP contribution in [-0.2, 0) is 4.74 Å². The van der Waals surface area contributed by atoms with Crippen LogP contribution in [0.2, 0.25) is 0 Å². The van der Waals surface area contributed by atoms with Gasteiger partial charge in [-0.15, -0.1) is 10.2 Å². The fraction of sp³-hybridized carbons (Fsp3) is 0.545. The van der Waals surface area contributed by atoms with Gasteiger partial charge in [-0.1, -0.05) is 0 Å². The maximum atomic E-state index is 11.8. The van der Waals surface area contributed by atoms with Crippen molar-refractivity contribution in [3.05, 3.63) is 18.0 Å². The molecule has 4 rings (SSSR count). The van der Waals surface area contributed by atoms with Crippen molar-refractivity contribution in [3.8, 4) is 11.5 Å². The summed E-state index contributed by atoms with van der Waals surface area (Å²) >= 11 is 0. The Balaban J connectivity index is 1.37. The highest BCUT2D eigenvalue weighted by atomic mass is 16.6. The quantitative estimate of drug-likeness (QED) is 0.485. The molecule has 0 atom stereocenters. The fourth-order valence-electron chi connectivity index (χ4n) is 4.07. The third-order valence-corrected chi connectivity index (χ3v) is 5.73. The van der Waals surface area contributed by atoms with Gasteiger partial charge in [0.1, 0.15) is 11.9 Å². The number of nitrogens with zero attached hydrogens (tertiary/aromatic N) is 4. The van der Waals surface area contributed by atoms with Crippen LogP contribution in [0, 0.1) is 6.92 Å². The number of hydrogen-bond acceptors (Lipinski definition) is 8. The highest BCUT2D eigenvalue weighted by molar-refractivity contribution is 5.85. The van der Waals surface area contributed by atoms with Crippen LogP contribution in [0.3, 0.4) is 0 Å². The topological polar surface area (TPSA) is 112 Å². The summed E-state index contributed by atoms with van der Waals surface area (Å²) in [5, 5.41) is 14.7. The van der Waals surface area contributed by atoms with Gasteiger partial charge in [0, 0.05) is 25.2 Å². The summed E-state index contributed by atoms with van der Waals surface area (Å²) in [6.07, 6.45) is 5.70. The predicted octanol–water partition coefficient (Wildman–Crippen LogP) is 3.46. The Morgan fingerprint density at radius 3 is 2.56 bits per heavy atom. The van der Waals surface area contributed by atoms with E-state index in [1.807, 2.05) is 23.5 Å². The first-order chi connectivity index (χ1) is 15.6. The first kappa shape index (κ1) is 21.9. The molecule has 2 N–H and O–H groups in total. The van der Waals surface area contributed by atoms with Crippen molar-refractivity contribution in [1.82, 2.24) is 24.9 Å². The third-order valence-electron chi connectivity index (χ3n) is 5.73. The van der Waals surface area contributed by atoms with E-state index in [1.165, 1.54) is 0 Å². The van der Waals surface area contributed by atoms with Crippen molar-refractivity contribution in [3.63, 3.8) is 0 Å². The molecule has 0 spiro atoms. The maximum Gasteiger partial charge on any atom is 0.407 e. The molecular formula is C22H30N6O4. The van der Waals surface area contributed by atoms with Gasteiger partial charge >= 0.3 is 6.09 Å². The number of aryl methyl sites for hydroxylation is 1. The summed E-state index contributed by atoms with van der Waals surface area (Å²) in [4.78, 5) is 16.6. The van der Waals surface area contributed by atoms with Gasteiger partial charge in [-0.2, -0.15) is 0 Å². The highest BCUT2D eigenvalue weighted by Gasteiger charge is 2.19. The summed E-state index contributed by atoms with van der Waals surface area (Å²) in [7, 11) is 3.20. The van der Waals surface area contributed by atoms with Crippen molar-refractivity contribution >= 4 is 28.6 Å². The number of amides is 1. The number of unbranched alkanes of at least 4 members (excludes halogenated alkanes) is 1. The zero-order valence-electron chi connectivity index (χ0n) is 18.8. The van der Waals surface area contributed by atoms with Gasteiger partial charge < -0.3 is 24.8 Å². The smallest absolute Gasteiger partial charge is 0.407 e. The number of methoxy groups -OCH3 is 2. The Kier molecular flexibility index (Phi) is 6.77. The Bertz CT molecular complexity index is 1090. The van der Waals surface area contributed by atoms with Crippen molar-refractivity contribution in [2.24, 2.45) is 0 Å². The van der Waals surface area contributed by atoms with E-state index in [-0.39, 0.29) is 12.2 Å². The summed E-state index contributed by atoms with van der Waals surface area (Å²) in [5.74, 6) is 2.64. The molecule has 1 saturated carbocycles.